The second kappa shape index (κ2) is 22.0. The van der Waals surface area contributed by atoms with Gasteiger partial charge in [0, 0.05) is 11.5 Å². The first-order valence-electron chi connectivity index (χ1n) is 15.7. The zero-order chi connectivity index (χ0) is 36.3. The van der Waals surface area contributed by atoms with Crippen molar-refractivity contribution in [3.8, 4) is 0 Å². The van der Waals surface area contributed by atoms with Gasteiger partial charge in [-0.25, -0.2) is 0 Å². The molecule has 0 aromatic heterocycles. The van der Waals surface area contributed by atoms with Gasteiger partial charge < -0.3 is 25.3 Å². The van der Waals surface area contributed by atoms with E-state index < -0.39 is 18.5 Å². The third-order valence-electron chi connectivity index (χ3n) is 7.31. The standard InChI is InChI=1S/2C20H18N2S2.Mo.2O/c2*1-15(18-12-11-17-9-5-6-10-19(17)13-18)21-22-20(23)24-14-16-7-3-2-4-8-16;;;/h2*2-13H,14H2,1H3,(H,22,23);;;/q;;+2;;/p-2/b2*21-15+;;;. The van der Waals surface area contributed by atoms with E-state index in [-0.39, 0.29) is 0 Å². The molecule has 0 radical (unpaired) electrons. The molecule has 0 spiro atoms. The summed E-state index contributed by atoms with van der Waals surface area (Å²) in [5, 5.41) is 21.8. The van der Waals surface area contributed by atoms with Crippen LogP contribution in [0.4, 0.5) is 0 Å². The van der Waals surface area contributed by atoms with Crippen molar-refractivity contribution in [2.75, 3.05) is 0 Å². The van der Waals surface area contributed by atoms with Crippen molar-refractivity contribution in [3.05, 3.63) is 168 Å². The zero-order valence-electron chi connectivity index (χ0n) is 27.9. The number of nitrogens with zero attached hydrogens (tertiary/aromatic N) is 4. The first-order chi connectivity index (χ1) is 24.9. The molecule has 0 fully saturated rings. The van der Waals surface area contributed by atoms with Gasteiger partial charge in [0.25, 0.3) is 0 Å². The van der Waals surface area contributed by atoms with Crippen molar-refractivity contribution in [1.29, 1.82) is 0 Å². The minimum atomic E-state index is -2.03. The minimum absolute atomic E-state index is 0.555. The Labute approximate surface area is 327 Å². The van der Waals surface area contributed by atoms with Gasteiger partial charge in [0.1, 0.15) is 0 Å². The normalized spacial score (nSPS) is 12.0. The van der Waals surface area contributed by atoms with Gasteiger partial charge in [-0.1, -0.05) is 133 Å². The Morgan fingerprint density at radius 2 is 0.824 bits per heavy atom. The topological polar surface area (TPSA) is 83.6 Å². The Balaban J connectivity index is 0.000000212. The molecule has 0 saturated heterocycles. The van der Waals surface area contributed by atoms with E-state index in [1.54, 1.807) is 0 Å². The zero-order valence-corrected chi connectivity index (χ0v) is 33.2. The second-order valence-corrected chi connectivity index (χ2v) is 14.4. The van der Waals surface area contributed by atoms with Gasteiger partial charge in [-0.3, -0.25) is 0 Å². The molecule has 51 heavy (non-hydrogen) atoms. The van der Waals surface area contributed by atoms with E-state index in [9.17, 15) is 0 Å². The van der Waals surface area contributed by atoms with E-state index >= 15 is 0 Å². The average molecular weight is 827 g/mol. The van der Waals surface area contributed by atoms with Crippen molar-refractivity contribution >= 4 is 90.5 Å². The number of fused-ring (bicyclic) bond motifs is 2. The average Bonchev–Trinajstić information content (AvgIpc) is 3.18. The fourth-order valence-electron chi connectivity index (χ4n) is 4.67. The first-order valence-corrected chi connectivity index (χ1v) is 20.1. The van der Waals surface area contributed by atoms with Gasteiger partial charge in [0.2, 0.25) is 0 Å². The van der Waals surface area contributed by atoms with E-state index in [0.717, 1.165) is 34.1 Å². The second-order valence-electron chi connectivity index (χ2n) is 10.8. The predicted octanol–water partition coefficient (Wildman–Crippen LogP) is 10.6. The molecule has 0 atom stereocenters. The molecule has 256 valence electrons. The van der Waals surface area contributed by atoms with E-state index in [0.29, 0.717) is 8.75 Å². The van der Waals surface area contributed by atoms with E-state index in [1.807, 2.05) is 74.5 Å². The van der Waals surface area contributed by atoms with E-state index in [1.165, 1.54) is 56.2 Å². The summed E-state index contributed by atoms with van der Waals surface area (Å²) in [5.41, 5.74) is 6.32. The van der Waals surface area contributed by atoms with Gasteiger partial charge in [-0.05, 0) is 78.5 Å². The Morgan fingerprint density at radius 1 is 0.490 bits per heavy atom. The van der Waals surface area contributed by atoms with Crippen molar-refractivity contribution in [3.63, 3.8) is 0 Å². The Hall–Kier alpha value is -4.05. The quantitative estimate of drug-likeness (QED) is 0.0500. The fraction of sp³-hybridized carbons (Fsp3) is 0.100. The summed E-state index contributed by atoms with van der Waals surface area (Å²) in [5.74, 6) is 1.63. The van der Waals surface area contributed by atoms with E-state index in [2.05, 4.69) is 105 Å². The SMILES string of the molecule is C/C(=N\N=C(/[S-])SCc1ccccc1)c1ccc2ccccc2c1.C/C(=N\N=C(/[S-])SCc1ccccc1)c1ccc2ccccc2c1.[O]=[Mo+2]=[O]. The molecule has 6 aromatic carbocycles. The van der Waals surface area contributed by atoms with Crippen LogP contribution in [0.1, 0.15) is 36.1 Å². The molecular formula is C40H34MoN4O2S4. The molecule has 0 aliphatic heterocycles. The molecule has 0 bridgehead atoms. The molecule has 0 amide bonds. The van der Waals surface area contributed by atoms with Gasteiger partial charge >= 0.3 is 25.3 Å². The van der Waals surface area contributed by atoms with Crippen LogP contribution >= 0.6 is 23.5 Å². The Bertz CT molecular complexity index is 2040. The fourth-order valence-corrected chi connectivity index (χ4v) is 6.27. The summed E-state index contributed by atoms with van der Waals surface area (Å²) in [6.45, 7) is 3.91. The number of hydrogen-bond donors (Lipinski definition) is 0. The van der Waals surface area contributed by atoms with Crippen LogP contribution in [0.25, 0.3) is 21.5 Å². The summed E-state index contributed by atoms with van der Waals surface area (Å²) < 4.78 is 18.1. The molecule has 6 nitrogen and oxygen atoms in total. The van der Waals surface area contributed by atoms with Gasteiger partial charge in [0.15, 0.2) is 0 Å². The van der Waals surface area contributed by atoms with Crippen molar-refractivity contribution in [1.82, 2.24) is 0 Å². The number of thioether (sulfide) groups is 2. The van der Waals surface area contributed by atoms with Crippen LogP contribution in [-0.4, -0.2) is 20.2 Å². The van der Waals surface area contributed by atoms with Crippen LogP contribution in [0.15, 0.2) is 166 Å². The third kappa shape index (κ3) is 13.9. The molecule has 0 N–H and O–H groups in total. The summed E-state index contributed by atoms with van der Waals surface area (Å²) in [6.07, 6.45) is 0. The molecule has 0 heterocycles. The summed E-state index contributed by atoms with van der Waals surface area (Å²) in [4.78, 5) is 0. The van der Waals surface area contributed by atoms with Crippen molar-refractivity contribution in [2.45, 2.75) is 25.4 Å². The van der Waals surface area contributed by atoms with Crippen LogP contribution < -0.4 is 0 Å². The maximum atomic E-state index is 8.50. The molecule has 6 aromatic rings. The third-order valence-corrected chi connectivity index (χ3v) is 9.79. The molecule has 11 heteroatoms. The first kappa shape index (κ1) is 39.7. The van der Waals surface area contributed by atoms with Crippen LogP contribution in [0.3, 0.4) is 0 Å². The van der Waals surface area contributed by atoms with Crippen LogP contribution in [0, 0.1) is 0 Å². The number of rotatable bonds is 8. The molecule has 6 rings (SSSR count). The van der Waals surface area contributed by atoms with Crippen LogP contribution in [0.2, 0.25) is 0 Å². The summed E-state index contributed by atoms with van der Waals surface area (Å²) in [6, 6.07) is 49.6. The van der Waals surface area contributed by atoms with Crippen LogP contribution in [-0.2, 0) is 62.0 Å². The van der Waals surface area contributed by atoms with Crippen molar-refractivity contribution < 1.29 is 25.3 Å². The number of benzene rings is 6. The molecule has 0 saturated carbocycles. The van der Waals surface area contributed by atoms with Gasteiger partial charge in [-0.2, -0.15) is 20.4 Å². The van der Waals surface area contributed by atoms with E-state index in [4.69, 9.17) is 32.1 Å². The van der Waals surface area contributed by atoms with Crippen LogP contribution in [0.5, 0.6) is 0 Å². The van der Waals surface area contributed by atoms with Gasteiger partial charge in [-0.15, -0.1) is 23.5 Å². The monoisotopic (exact) mass is 828 g/mol. The van der Waals surface area contributed by atoms with Crippen molar-refractivity contribution in [2.24, 2.45) is 20.4 Å². The molecule has 0 unspecified atom stereocenters. The summed E-state index contributed by atoms with van der Waals surface area (Å²) >= 11 is 11.6. The summed E-state index contributed by atoms with van der Waals surface area (Å²) in [7, 11) is 0. The molecule has 0 aliphatic rings. The Kier molecular flexibility index (Phi) is 17.1. The van der Waals surface area contributed by atoms with Gasteiger partial charge in [0.05, 0.1) is 11.4 Å². The molecular weight excluding hydrogens is 793 g/mol. The number of hydrogen-bond acceptors (Lipinski definition) is 10. The Morgan fingerprint density at radius 3 is 1.20 bits per heavy atom. The maximum absolute atomic E-state index is 8.50. The predicted molar refractivity (Wildman–Crippen MR) is 219 cm³/mol. The molecule has 0 aliphatic carbocycles.